The lowest BCUT2D eigenvalue weighted by atomic mass is 10.1. The van der Waals surface area contributed by atoms with Crippen LogP contribution in [-0.2, 0) is 27.3 Å². The average molecular weight is 457 g/mol. The third kappa shape index (κ3) is 4.68. The number of carbonyl (C=O) groups is 3. The SMILES string of the molecule is O=C1CC(N(Cc2cccs2)C(=O)Cc2ccc(Cl)cc2)C(=O)N1c1ccc(F)cc1. The van der Waals surface area contributed by atoms with Crippen molar-refractivity contribution in [3.63, 3.8) is 0 Å². The number of hydrogen-bond donors (Lipinski definition) is 0. The quantitative estimate of drug-likeness (QED) is 0.515. The van der Waals surface area contributed by atoms with Crippen LogP contribution in [-0.4, -0.2) is 28.7 Å². The molecule has 1 aromatic heterocycles. The molecule has 0 saturated carbocycles. The van der Waals surface area contributed by atoms with E-state index in [-0.39, 0.29) is 25.3 Å². The summed E-state index contributed by atoms with van der Waals surface area (Å²) in [6.45, 7) is 0.227. The molecular formula is C23H18ClFN2O3S. The minimum absolute atomic E-state index is 0.0804. The molecule has 158 valence electrons. The maximum absolute atomic E-state index is 13.3. The maximum atomic E-state index is 13.3. The number of carbonyl (C=O) groups excluding carboxylic acids is 3. The topological polar surface area (TPSA) is 57.7 Å². The van der Waals surface area contributed by atoms with E-state index in [2.05, 4.69) is 0 Å². The average Bonchev–Trinajstić information content (AvgIpc) is 3.36. The Kier molecular flexibility index (Phi) is 6.15. The van der Waals surface area contributed by atoms with E-state index in [1.165, 1.54) is 40.5 Å². The summed E-state index contributed by atoms with van der Waals surface area (Å²) in [5, 5.41) is 2.46. The fourth-order valence-electron chi connectivity index (χ4n) is 3.54. The Labute approximate surface area is 187 Å². The number of amides is 3. The minimum atomic E-state index is -0.917. The fraction of sp³-hybridized carbons (Fsp3) is 0.174. The van der Waals surface area contributed by atoms with Crippen molar-refractivity contribution in [3.05, 3.63) is 87.3 Å². The van der Waals surface area contributed by atoms with Crippen molar-refractivity contribution in [2.45, 2.75) is 25.4 Å². The van der Waals surface area contributed by atoms with E-state index in [1.54, 1.807) is 24.3 Å². The number of halogens is 2. The van der Waals surface area contributed by atoms with Crippen molar-refractivity contribution in [1.29, 1.82) is 0 Å². The van der Waals surface area contributed by atoms with Crippen molar-refractivity contribution in [2.75, 3.05) is 4.90 Å². The first-order valence-electron chi connectivity index (χ1n) is 9.61. The zero-order chi connectivity index (χ0) is 22.0. The molecular weight excluding hydrogens is 439 g/mol. The Morgan fingerprint density at radius 3 is 2.45 bits per heavy atom. The van der Waals surface area contributed by atoms with Gasteiger partial charge in [-0.15, -0.1) is 11.3 Å². The molecule has 1 aliphatic heterocycles. The van der Waals surface area contributed by atoms with Crippen molar-refractivity contribution in [3.8, 4) is 0 Å². The van der Waals surface area contributed by atoms with E-state index in [9.17, 15) is 18.8 Å². The third-order valence-electron chi connectivity index (χ3n) is 5.08. The molecule has 1 saturated heterocycles. The van der Waals surface area contributed by atoms with Crippen LogP contribution < -0.4 is 4.90 Å². The first kappa shape index (κ1) is 21.2. The fourth-order valence-corrected chi connectivity index (χ4v) is 4.37. The Balaban J connectivity index is 1.60. The van der Waals surface area contributed by atoms with E-state index < -0.39 is 23.7 Å². The van der Waals surface area contributed by atoms with Gasteiger partial charge in [-0.1, -0.05) is 29.8 Å². The smallest absolute Gasteiger partial charge is 0.257 e. The standard InChI is InChI=1S/C23H18ClFN2O3S/c24-16-5-3-15(4-6-16)12-21(28)26(14-19-2-1-11-31-19)20-13-22(29)27(23(20)30)18-9-7-17(25)8-10-18/h1-11,20H,12-14H2. The second-order valence-electron chi connectivity index (χ2n) is 7.17. The van der Waals surface area contributed by atoms with Crippen LogP contribution >= 0.6 is 22.9 Å². The third-order valence-corrected chi connectivity index (χ3v) is 6.19. The van der Waals surface area contributed by atoms with Crippen LogP contribution in [0.4, 0.5) is 10.1 Å². The largest absolute Gasteiger partial charge is 0.325 e. The molecule has 5 nitrogen and oxygen atoms in total. The zero-order valence-electron chi connectivity index (χ0n) is 16.3. The van der Waals surface area contributed by atoms with E-state index in [4.69, 9.17) is 11.6 Å². The molecule has 1 aliphatic rings. The van der Waals surface area contributed by atoms with Crippen LogP contribution in [0.25, 0.3) is 0 Å². The Morgan fingerprint density at radius 2 is 1.81 bits per heavy atom. The van der Waals surface area contributed by atoms with Gasteiger partial charge in [0.2, 0.25) is 11.8 Å². The van der Waals surface area contributed by atoms with Gasteiger partial charge in [0.25, 0.3) is 5.91 Å². The molecule has 0 spiro atoms. The summed E-state index contributed by atoms with van der Waals surface area (Å²) in [5.74, 6) is -1.63. The molecule has 1 atom stereocenters. The van der Waals surface area contributed by atoms with E-state index in [0.29, 0.717) is 10.7 Å². The second kappa shape index (κ2) is 8.99. The Bertz CT molecular complexity index is 1100. The van der Waals surface area contributed by atoms with E-state index in [1.807, 2.05) is 17.5 Å². The normalized spacial score (nSPS) is 16.1. The lowest BCUT2D eigenvalue weighted by Gasteiger charge is -2.27. The summed E-state index contributed by atoms with van der Waals surface area (Å²) >= 11 is 7.40. The van der Waals surface area contributed by atoms with Gasteiger partial charge in [-0.05, 0) is 53.4 Å². The van der Waals surface area contributed by atoms with Gasteiger partial charge in [0.05, 0.1) is 25.1 Å². The highest BCUT2D eigenvalue weighted by atomic mass is 35.5. The van der Waals surface area contributed by atoms with Gasteiger partial charge in [-0.25, -0.2) is 9.29 Å². The summed E-state index contributed by atoms with van der Waals surface area (Å²) in [6, 6.07) is 14.9. The van der Waals surface area contributed by atoms with Crippen LogP contribution in [0.5, 0.6) is 0 Å². The van der Waals surface area contributed by atoms with Gasteiger partial charge in [0.1, 0.15) is 11.9 Å². The van der Waals surface area contributed by atoms with Crippen LogP contribution in [0.1, 0.15) is 16.9 Å². The number of benzene rings is 2. The van der Waals surface area contributed by atoms with Crippen molar-refractivity contribution >= 4 is 46.3 Å². The van der Waals surface area contributed by atoms with Gasteiger partial charge in [0.15, 0.2) is 0 Å². The Morgan fingerprint density at radius 1 is 1.10 bits per heavy atom. The van der Waals surface area contributed by atoms with Gasteiger partial charge < -0.3 is 4.90 Å². The molecule has 3 aromatic rings. The molecule has 31 heavy (non-hydrogen) atoms. The molecule has 0 aliphatic carbocycles. The molecule has 8 heteroatoms. The lowest BCUT2D eigenvalue weighted by molar-refractivity contribution is -0.138. The van der Waals surface area contributed by atoms with Gasteiger partial charge >= 0.3 is 0 Å². The highest BCUT2D eigenvalue weighted by Gasteiger charge is 2.44. The zero-order valence-corrected chi connectivity index (χ0v) is 17.9. The highest BCUT2D eigenvalue weighted by Crippen LogP contribution is 2.28. The molecule has 2 heterocycles. The minimum Gasteiger partial charge on any atom is -0.325 e. The summed E-state index contributed by atoms with van der Waals surface area (Å²) in [5.41, 5.74) is 1.05. The molecule has 0 radical (unpaired) electrons. The van der Waals surface area contributed by atoms with Crippen LogP contribution in [0.2, 0.25) is 5.02 Å². The van der Waals surface area contributed by atoms with E-state index in [0.717, 1.165) is 15.3 Å². The lowest BCUT2D eigenvalue weighted by Crippen LogP contribution is -2.45. The summed E-state index contributed by atoms with van der Waals surface area (Å²) in [7, 11) is 0. The summed E-state index contributed by atoms with van der Waals surface area (Å²) in [6.07, 6.45) is -0.0367. The number of thiophene rings is 1. The number of nitrogens with zero attached hydrogens (tertiary/aromatic N) is 2. The van der Waals surface area contributed by atoms with Crippen molar-refractivity contribution in [1.82, 2.24) is 4.90 Å². The van der Waals surface area contributed by atoms with Crippen LogP contribution in [0.15, 0.2) is 66.0 Å². The Hall–Kier alpha value is -3.03. The van der Waals surface area contributed by atoms with Crippen LogP contribution in [0.3, 0.4) is 0 Å². The van der Waals surface area contributed by atoms with Crippen molar-refractivity contribution < 1.29 is 18.8 Å². The number of imide groups is 1. The van der Waals surface area contributed by atoms with Gasteiger partial charge in [0, 0.05) is 9.90 Å². The maximum Gasteiger partial charge on any atom is 0.257 e. The predicted octanol–water partition coefficient (Wildman–Crippen LogP) is 4.44. The summed E-state index contributed by atoms with van der Waals surface area (Å²) in [4.78, 5) is 42.5. The molecule has 3 amide bonds. The van der Waals surface area contributed by atoms with Crippen LogP contribution in [0, 0.1) is 5.82 Å². The number of hydrogen-bond acceptors (Lipinski definition) is 4. The molecule has 2 aromatic carbocycles. The number of anilines is 1. The van der Waals surface area contributed by atoms with Gasteiger partial charge in [-0.3, -0.25) is 14.4 Å². The first-order valence-corrected chi connectivity index (χ1v) is 10.9. The molecule has 0 bridgehead atoms. The number of rotatable bonds is 6. The monoisotopic (exact) mass is 456 g/mol. The molecule has 0 N–H and O–H groups in total. The van der Waals surface area contributed by atoms with Gasteiger partial charge in [-0.2, -0.15) is 0 Å². The second-order valence-corrected chi connectivity index (χ2v) is 8.64. The predicted molar refractivity (Wildman–Crippen MR) is 117 cm³/mol. The molecule has 4 rings (SSSR count). The first-order chi connectivity index (χ1) is 14.9. The highest BCUT2D eigenvalue weighted by molar-refractivity contribution is 7.09. The molecule has 1 unspecified atom stereocenters. The summed E-state index contributed by atoms with van der Waals surface area (Å²) < 4.78 is 13.3. The molecule has 1 fully saturated rings. The van der Waals surface area contributed by atoms with E-state index >= 15 is 0 Å². The van der Waals surface area contributed by atoms with Crippen molar-refractivity contribution in [2.24, 2.45) is 0 Å².